The number of aromatic nitrogens is 2. The van der Waals surface area contributed by atoms with Crippen molar-refractivity contribution in [2.24, 2.45) is 23.5 Å². The fourth-order valence-electron chi connectivity index (χ4n) is 6.54. The van der Waals surface area contributed by atoms with Gasteiger partial charge in [0.05, 0.1) is 22.1 Å². The Kier molecular flexibility index (Phi) is 3.38. The van der Waals surface area contributed by atoms with Crippen LogP contribution in [0.3, 0.4) is 0 Å². The topological polar surface area (TPSA) is 104 Å². The lowest BCUT2D eigenvalue weighted by Gasteiger charge is -2.58. The lowest BCUT2D eigenvalue weighted by molar-refractivity contribution is -0.129. The van der Waals surface area contributed by atoms with Crippen molar-refractivity contribution in [2.75, 3.05) is 5.32 Å². The summed E-state index contributed by atoms with van der Waals surface area (Å²) in [5.74, 6) is 1.15. The first-order chi connectivity index (χ1) is 13.9. The lowest BCUT2D eigenvalue weighted by Crippen LogP contribution is -2.59. The zero-order valence-corrected chi connectivity index (χ0v) is 15.9. The third-order valence-corrected chi connectivity index (χ3v) is 7.40. The Morgan fingerprint density at radius 3 is 2.72 bits per heavy atom. The number of halogens is 1. The molecule has 7 rings (SSSR count). The highest BCUT2D eigenvalue weighted by Gasteiger charge is 2.54. The third-order valence-electron chi connectivity index (χ3n) is 7.40. The largest absolute Gasteiger partial charge is 0.390 e. The van der Waals surface area contributed by atoms with E-state index in [1.807, 2.05) is 0 Å². The first-order valence-electron chi connectivity index (χ1n) is 10.3. The Balaban J connectivity index is 1.48. The molecule has 6 nitrogen and oxygen atoms in total. The SMILES string of the molecule is NC(=O)c1cnc(NC2[C@@H]3C[C@@H]4C[C@H]2C[C@@](O)(C4)C3)c2c1[nH]c1ccc(F)cc12. The number of nitrogens with one attached hydrogen (secondary N) is 2. The zero-order chi connectivity index (χ0) is 19.9. The van der Waals surface area contributed by atoms with Gasteiger partial charge in [0.1, 0.15) is 11.6 Å². The fourth-order valence-corrected chi connectivity index (χ4v) is 6.54. The Morgan fingerprint density at radius 1 is 1.28 bits per heavy atom. The van der Waals surface area contributed by atoms with Crippen molar-refractivity contribution < 1.29 is 14.3 Å². The molecule has 4 aliphatic carbocycles. The number of rotatable bonds is 3. The molecular formula is C22H23FN4O2. The summed E-state index contributed by atoms with van der Waals surface area (Å²) < 4.78 is 14.0. The highest BCUT2D eigenvalue weighted by molar-refractivity contribution is 6.18. The van der Waals surface area contributed by atoms with E-state index >= 15 is 0 Å². The molecule has 5 atom stereocenters. The number of aliphatic hydroxyl groups is 1. The van der Waals surface area contributed by atoms with Crippen LogP contribution in [0, 0.1) is 23.6 Å². The number of fused-ring (bicyclic) bond motifs is 3. The highest BCUT2D eigenvalue weighted by atomic mass is 19.1. The first kappa shape index (κ1) is 17.2. The molecule has 4 aliphatic rings. The monoisotopic (exact) mass is 394 g/mol. The number of carbonyl (C=O) groups is 1. The van der Waals surface area contributed by atoms with Crippen LogP contribution in [0.2, 0.25) is 0 Å². The van der Waals surface area contributed by atoms with Gasteiger partial charge in [-0.2, -0.15) is 0 Å². The number of primary amides is 1. The van der Waals surface area contributed by atoms with Crippen LogP contribution < -0.4 is 11.1 Å². The van der Waals surface area contributed by atoms with E-state index in [-0.39, 0.29) is 11.9 Å². The van der Waals surface area contributed by atoms with Crippen LogP contribution in [-0.2, 0) is 0 Å². The molecule has 0 saturated heterocycles. The normalized spacial score (nSPS) is 32.9. The van der Waals surface area contributed by atoms with Crippen LogP contribution in [0.4, 0.5) is 10.2 Å². The zero-order valence-electron chi connectivity index (χ0n) is 15.9. The van der Waals surface area contributed by atoms with Crippen LogP contribution >= 0.6 is 0 Å². The number of H-pyrrole nitrogens is 1. The summed E-state index contributed by atoms with van der Waals surface area (Å²) in [6.45, 7) is 0. The quantitative estimate of drug-likeness (QED) is 0.547. The van der Waals surface area contributed by atoms with E-state index in [0.717, 1.165) is 37.6 Å². The number of carbonyl (C=O) groups excluding carboxylic acids is 1. The average Bonchev–Trinajstić information content (AvgIpc) is 3.02. The number of anilines is 1. The summed E-state index contributed by atoms with van der Waals surface area (Å²) in [6, 6.07) is 4.74. The summed E-state index contributed by atoms with van der Waals surface area (Å²) in [5, 5.41) is 15.9. The molecule has 7 heteroatoms. The second kappa shape index (κ2) is 5.69. The van der Waals surface area contributed by atoms with Crippen molar-refractivity contribution in [3.8, 4) is 0 Å². The van der Waals surface area contributed by atoms with E-state index in [4.69, 9.17) is 5.73 Å². The average molecular weight is 394 g/mol. The molecule has 1 unspecified atom stereocenters. The molecule has 150 valence electrons. The maximum atomic E-state index is 14.0. The van der Waals surface area contributed by atoms with Crippen LogP contribution in [0.5, 0.6) is 0 Å². The summed E-state index contributed by atoms with van der Waals surface area (Å²) in [7, 11) is 0. The minimum atomic E-state index is -0.571. The molecule has 3 aromatic rings. The van der Waals surface area contributed by atoms with Gasteiger partial charge in [0.25, 0.3) is 5.91 Å². The molecule has 2 aromatic heterocycles. The Labute approximate surface area is 166 Å². The number of nitrogens with zero attached hydrogens (tertiary/aromatic N) is 1. The summed E-state index contributed by atoms with van der Waals surface area (Å²) in [6.07, 6.45) is 6.32. The molecule has 1 amide bonds. The minimum absolute atomic E-state index is 0.223. The third kappa shape index (κ3) is 2.50. The predicted molar refractivity (Wildman–Crippen MR) is 108 cm³/mol. The van der Waals surface area contributed by atoms with Gasteiger partial charge in [0, 0.05) is 23.1 Å². The standard InChI is InChI=1S/C22H23FN4O2/c23-13-1-2-16-14(5-13)17-19(26-16)15(20(24)28)9-25-21(17)27-18-11-3-10-4-12(18)8-22(29,6-10)7-11/h1-2,5,9-12,18,26,29H,3-4,6-8H2,(H2,24,28)(H,25,27)/t10-,11-,12+,18?,22-. The van der Waals surface area contributed by atoms with Gasteiger partial charge in [-0.1, -0.05) is 0 Å². The van der Waals surface area contributed by atoms with Gasteiger partial charge in [-0.3, -0.25) is 4.79 Å². The first-order valence-corrected chi connectivity index (χ1v) is 10.3. The predicted octanol–water partition coefficient (Wildman–Crippen LogP) is 3.31. The Bertz CT molecular complexity index is 1160. The maximum absolute atomic E-state index is 14.0. The van der Waals surface area contributed by atoms with E-state index in [2.05, 4.69) is 15.3 Å². The Hall–Kier alpha value is -2.67. The number of hydrogen-bond acceptors (Lipinski definition) is 4. The molecule has 0 aliphatic heterocycles. The molecule has 2 heterocycles. The van der Waals surface area contributed by atoms with Crippen molar-refractivity contribution in [2.45, 2.75) is 43.7 Å². The van der Waals surface area contributed by atoms with Gasteiger partial charge in [0.15, 0.2) is 0 Å². The van der Waals surface area contributed by atoms with E-state index in [0.29, 0.717) is 45.4 Å². The number of nitrogens with two attached hydrogens (primary N) is 1. The van der Waals surface area contributed by atoms with Crippen molar-refractivity contribution >= 4 is 33.5 Å². The van der Waals surface area contributed by atoms with Gasteiger partial charge in [-0.15, -0.1) is 0 Å². The molecule has 0 spiro atoms. The van der Waals surface area contributed by atoms with Gasteiger partial charge >= 0.3 is 0 Å². The number of amides is 1. The van der Waals surface area contributed by atoms with E-state index in [9.17, 15) is 14.3 Å². The highest BCUT2D eigenvalue weighted by Crippen LogP contribution is 2.56. The summed E-state index contributed by atoms with van der Waals surface area (Å²) in [5.41, 5.74) is 6.66. The van der Waals surface area contributed by atoms with E-state index in [1.54, 1.807) is 6.07 Å². The van der Waals surface area contributed by atoms with Crippen molar-refractivity contribution in [3.63, 3.8) is 0 Å². The number of pyridine rings is 1. The lowest BCUT2D eigenvalue weighted by atomic mass is 9.52. The van der Waals surface area contributed by atoms with Gasteiger partial charge in [-0.05, 0) is 68.1 Å². The fraction of sp³-hybridized carbons (Fsp3) is 0.455. The van der Waals surface area contributed by atoms with E-state index in [1.165, 1.54) is 18.3 Å². The molecule has 4 bridgehead atoms. The second-order valence-electron chi connectivity index (χ2n) is 9.31. The molecular weight excluding hydrogens is 371 g/mol. The van der Waals surface area contributed by atoms with Gasteiger partial charge in [0.2, 0.25) is 0 Å². The number of hydrogen-bond donors (Lipinski definition) is 4. The maximum Gasteiger partial charge on any atom is 0.252 e. The van der Waals surface area contributed by atoms with E-state index < -0.39 is 11.5 Å². The minimum Gasteiger partial charge on any atom is -0.390 e. The molecule has 0 radical (unpaired) electrons. The van der Waals surface area contributed by atoms with Gasteiger partial charge < -0.3 is 21.1 Å². The van der Waals surface area contributed by atoms with Gasteiger partial charge in [-0.25, -0.2) is 9.37 Å². The van der Waals surface area contributed by atoms with Crippen molar-refractivity contribution in [1.82, 2.24) is 9.97 Å². The molecule has 5 N–H and O–H groups in total. The molecule has 29 heavy (non-hydrogen) atoms. The molecule has 1 aromatic carbocycles. The molecule has 4 saturated carbocycles. The van der Waals surface area contributed by atoms with Crippen LogP contribution in [0.15, 0.2) is 24.4 Å². The van der Waals surface area contributed by atoms with Crippen molar-refractivity contribution in [1.29, 1.82) is 0 Å². The second-order valence-corrected chi connectivity index (χ2v) is 9.31. The summed E-state index contributed by atoms with van der Waals surface area (Å²) in [4.78, 5) is 19.7. The van der Waals surface area contributed by atoms with Crippen molar-refractivity contribution in [3.05, 3.63) is 35.8 Å². The van der Waals surface area contributed by atoms with Crippen LogP contribution in [-0.4, -0.2) is 32.6 Å². The number of benzene rings is 1. The smallest absolute Gasteiger partial charge is 0.252 e. The summed E-state index contributed by atoms with van der Waals surface area (Å²) >= 11 is 0. The molecule has 4 fully saturated rings. The van der Waals surface area contributed by atoms with Crippen LogP contribution in [0.1, 0.15) is 42.5 Å². The van der Waals surface area contributed by atoms with Crippen LogP contribution in [0.25, 0.3) is 21.8 Å². The Morgan fingerprint density at radius 2 is 2.03 bits per heavy atom. The number of aromatic amines is 1.